The van der Waals surface area contributed by atoms with E-state index in [1.165, 1.54) is 32.0 Å². The summed E-state index contributed by atoms with van der Waals surface area (Å²) in [4.78, 5) is 21.6. The number of nitro groups is 1. The van der Waals surface area contributed by atoms with Gasteiger partial charge >= 0.3 is 0 Å². The maximum atomic E-state index is 11.6. The second kappa shape index (κ2) is 4.68. The molecule has 0 heterocycles. The number of amides is 1. The molecule has 0 aliphatic rings. The minimum Gasteiger partial charge on any atom is -0.324 e. The Morgan fingerprint density at radius 2 is 2.12 bits per heavy atom. The van der Waals surface area contributed by atoms with Gasteiger partial charge in [-0.05, 0) is 26.0 Å². The zero-order valence-corrected chi connectivity index (χ0v) is 10.1. The number of carbonyl (C=O) groups excluding carboxylic acids is 1. The van der Waals surface area contributed by atoms with Crippen molar-refractivity contribution >= 4 is 28.9 Å². The van der Waals surface area contributed by atoms with Crippen molar-refractivity contribution < 1.29 is 9.72 Å². The number of nitrogens with two attached hydrogens (primary N) is 1. The molecule has 0 aliphatic carbocycles. The molecule has 3 N–H and O–H groups in total. The van der Waals surface area contributed by atoms with E-state index in [4.69, 9.17) is 17.3 Å². The summed E-state index contributed by atoms with van der Waals surface area (Å²) in [7, 11) is 0. The molecule has 0 fully saturated rings. The van der Waals surface area contributed by atoms with Crippen molar-refractivity contribution in [3.63, 3.8) is 0 Å². The van der Waals surface area contributed by atoms with Crippen molar-refractivity contribution in [2.75, 3.05) is 5.32 Å². The van der Waals surface area contributed by atoms with E-state index in [9.17, 15) is 14.9 Å². The highest BCUT2D eigenvalue weighted by molar-refractivity contribution is 6.32. The number of rotatable bonds is 3. The molecule has 0 saturated carbocycles. The number of anilines is 1. The third-order valence-corrected chi connectivity index (χ3v) is 2.31. The van der Waals surface area contributed by atoms with Gasteiger partial charge in [0.05, 0.1) is 10.5 Å². The van der Waals surface area contributed by atoms with Crippen LogP contribution in [-0.2, 0) is 4.79 Å². The molecule has 0 spiro atoms. The van der Waals surface area contributed by atoms with E-state index in [1.807, 2.05) is 0 Å². The molecule has 1 amide bonds. The molecule has 1 rings (SSSR count). The number of benzene rings is 1. The summed E-state index contributed by atoms with van der Waals surface area (Å²) in [6.45, 7) is 3.07. The lowest BCUT2D eigenvalue weighted by molar-refractivity contribution is -0.384. The monoisotopic (exact) mass is 257 g/mol. The van der Waals surface area contributed by atoms with E-state index in [-0.39, 0.29) is 16.4 Å². The Morgan fingerprint density at radius 1 is 1.53 bits per heavy atom. The molecule has 0 unspecified atom stereocenters. The first-order valence-corrected chi connectivity index (χ1v) is 5.14. The molecule has 92 valence electrons. The molecule has 7 heteroatoms. The van der Waals surface area contributed by atoms with Gasteiger partial charge in [-0.2, -0.15) is 0 Å². The van der Waals surface area contributed by atoms with Gasteiger partial charge in [0.1, 0.15) is 5.02 Å². The van der Waals surface area contributed by atoms with Crippen LogP contribution in [-0.4, -0.2) is 16.4 Å². The Morgan fingerprint density at radius 3 is 2.59 bits per heavy atom. The largest absolute Gasteiger partial charge is 0.324 e. The van der Waals surface area contributed by atoms with E-state index in [2.05, 4.69) is 5.32 Å². The predicted octanol–water partition coefficient (Wildman–Crippen LogP) is 1.92. The van der Waals surface area contributed by atoms with Gasteiger partial charge in [-0.25, -0.2) is 0 Å². The zero-order valence-electron chi connectivity index (χ0n) is 9.36. The molecule has 0 aliphatic heterocycles. The van der Waals surface area contributed by atoms with Gasteiger partial charge in [0.2, 0.25) is 5.91 Å². The number of hydrogen-bond donors (Lipinski definition) is 2. The minimum absolute atomic E-state index is 0.0139. The van der Waals surface area contributed by atoms with E-state index in [0.717, 1.165) is 0 Å². The third kappa shape index (κ3) is 3.40. The molecular formula is C10H12ClN3O3. The van der Waals surface area contributed by atoms with Crippen LogP contribution in [0.5, 0.6) is 0 Å². The average molecular weight is 258 g/mol. The minimum atomic E-state index is -1.06. The summed E-state index contributed by atoms with van der Waals surface area (Å²) in [5, 5.41) is 13.1. The standard InChI is InChI=1S/C10H12ClN3O3/c1-10(2,12)9(15)13-6-3-4-7(11)8(5-6)14(16)17/h3-5H,12H2,1-2H3,(H,13,15). The smallest absolute Gasteiger partial charge is 0.289 e. The molecule has 0 bridgehead atoms. The lowest BCUT2D eigenvalue weighted by Crippen LogP contribution is -2.45. The van der Waals surface area contributed by atoms with Gasteiger partial charge in [-0.3, -0.25) is 14.9 Å². The number of carbonyl (C=O) groups is 1. The van der Waals surface area contributed by atoms with Crippen molar-refractivity contribution in [2.24, 2.45) is 5.73 Å². The summed E-state index contributed by atoms with van der Waals surface area (Å²) in [5.74, 6) is -0.436. The highest BCUT2D eigenvalue weighted by atomic mass is 35.5. The fourth-order valence-electron chi connectivity index (χ4n) is 1.02. The Balaban J connectivity index is 2.98. The molecule has 0 radical (unpaired) electrons. The number of nitrogens with zero attached hydrogens (tertiary/aromatic N) is 1. The first kappa shape index (κ1) is 13.4. The summed E-state index contributed by atoms with van der Waals surface area (Å²) < 4.78 is 0. The van der Waals surface area contributed by atoms with E-state index >= 15 is 0 Å². The number of halogens is 1. The highest BCUT2D eigenvalue weighted by Gasteiger charge is 2.22. The summed E-state index contributed by atoms with van der Waals surface area (Å²) in [6.07, 6.45) is 0. The molecule has 1 aromatic carbocycles. The summed E-state index contributed by atoms with van der Waals surface area (Å²) >= 11 is 5.64. The molecule has 0 saturated heterocycles. The van der Waals surface area contributed by atoms with Crippen molar-refractivity contribution in [1.29, 1.82) is 0 Å². The van der Waals surface area contributed by atoms with Crippen LogP contribution in [0.2, 0.25) is 5.02 Å². The Kier molecular flexibility index (Phi) is 3.69. The van der Waals surface area contributed by atoms with Crippen LogP contribution in [0.1, 0.15) is 13.8 Å². The van der Waals surface area contributed by atoms with E-state index in [1.54, 1.807) is 0 Å². The fourth-order valence-corrected chi connectivity index (χ4v) is 1.21. The fraction of sp³-hybridized carbons (Fsp3) is 0.300. The second-order valence-electron chi connectivity index (χ2n) is 4.10. The first-order valence-electron chi connectivity index (χ1n) is 4.76. The van der Waals surface area contributed by atoms with Gasteiger partial charge in [0.15, 0.2) is 0 Å². The topological polar surface area (TPSA) is 98.3 Å². The van der Waals surface area contributed by atoms with Crippen LogP contribution in [0, 0.1) is 10.1 Å². The SMILES string of the molecule is CC(C)(N)C(=O)Nc1ccc(Cl)c([N+](=O)[O-])c1. The van der Waals surface area contributed by atoms with Crippen LogP contribution in [0.25, 0.3) is 0 Å². The molecule has 0 atom stereocenters. The first-order chi connectivity index (χ1) is 7.71. The number of nitro benzene ring substituents is 1. The predicted molar refractivity (Wildman–Crippen MR) is 65.0 cm³/mol. The van der Waals surface area contributed by atoms with Gasteiger partial charge in [0, 0.05) is 11.8 Å². The maximum Gasteiger partial charge on any atom is 0.289 e. The number of hydrogen-bond acceptors (Lipinski definition) is 4. The van der Waals surface area contributed by atoms with Gasteiger partial charge in [-0.15, -0.1) is 0 Å². The van der Waals surface area contributed by atoms with Crippen LogP contribution < -0.4 is 11.1 Å². The van der Waals surface area contributed by atoms with Crippen molar-refractivity contribution in [1.82, 2.24) is 0 Å². The normalized spacial score (nSPS) is 11.1. The van der Waals surface area contributed by atoms with Crippen LogP contribution in [0.3, 0.4) is 0 Å². The maximum absolute atomic E-state index is 11.6. The molecule has 6 nitrogen and oxygen atoms in total. The van der Waals surface area contributed by atoms with Gasteiger partial charge in [-0.1, -0.05) is 11.6 Å². The van der Waals surface area contributed by atoms with Crippen LogP contribution in [0.4, 0.5) is 11.4 Å². The van der Waals surface area contributed by atoms with Crippen molar-refractivity contribution in [3.8, 4) is 0 Å². The lowest BCUT2D eigenvalue weighted by atomic mass is 10.1. The molecule has 0 aromatic heterocycles. The molecule has 1 aromatic rings. The second-order valence-corrected chi connectivity index (χ2v) is 4.51. The lowest BCUT2D eigenvalue weighted by Gasteiger charge is -2.17. The Hall–Kier alpha value is -1.66. The zero-order chi connectivity index (χ0) is 13.2. The summed E-state index contributed by atoms with van der Waals surface area (Å²) in [5.41, 5.74) is 4.54. The highest BCUT2D eigenvalue weighted by Crippen LogP contribution is 2.27. The van der Waals surface area contributed by atoms with Crippen molar-refractivity contribution in [3.05, 3.63) is 33.3 Å². The number of nitrogens with one attached hydrogen (secondary N) is 1. The van der Waals surface area contributed by atoms with Gasteiger partial charge < -0.3 is 11.1 Å². The van der Waals surface area contributed by atoms with Gasteiger partial charge in [0.25, 0.3) is 5.69 Å². The third-order valence-electron chi connectivity index (χ3n) is 1.99. The molecular weight excluding hydrogens is 246 g/mol. The summed E-state index contributed by atoms with van der Waals surface area (Å²) in [6, 6.07) is 4.00. The Bertz CT molecular complexity index is 468. The van der Waals surface area contributed by atoms with Crippen LogP contribution >= 0.6 is 11.6 Å². The van der Waals surface area contributed by atoms with E-state index < -0.39 is 16.4 Å². The quantitative estimate of drug-likeness (QED) is 0.638. The average Bonchev–Trinajstić information content (AvgIpc) is 2.19. The van der Waals surface area contributed by atoms with E-state index in [0.29, 0.717) is 0 Å². The molecule has 17 heavy (non-hydrogen) atoms. The van der Waals surface area contributed by atoms with Crippen LogP contribution in [0.15, 0.2) is 18.2 Å². The van der Waals surface area contributed by atoms with Crippen molar-refractivity contribution in [2.45, 2.75) is 19.4 Å². The Labute approximate surface area is 103 Å².